The van der Waals surface area contributed by atoms with Gasteiger partial charge in [-0.05, 0) is 31.5 Å². The van der Waals surface area contributed by atoms with Crippen LogP contribution in [0.15, 0.2) is 16.6 Å². The van der Waals surface area contributed by atoms with Gasteiger partial charge in [0.25, 0.3) is 0 Å². The van der Waals surface area contributed by atoms with Crippen LogP contribution >= 0.6 is 15.9 Å². The van der Waals surface area contributed by atoms with Crippen molar-refractivity contribution >= 4 is 27.6 Å². The number of hydrogen-bond donors (Lipinski definition) is 2. The van der Waals surface area contributed by atoms with E-state index in [0.717, 1.165) is 4.47 Å². The highest BCUT2D eigenvalue weighted by molar-refractivity contribution is 9.10. The van der Waals surface area contributed by atoms with E-state index in [1.54, 1.807) is 26.0 Å². The van der Waals surface area contributed by atoms with Crippen LogP contribution in [0.2, 0.25) is 0 Å². The van der Waals surface area contributed by atoms with E-state index in [1.807, 2.05) is 0 Å². The highest BCUT2D eigenvalue weighted by atomic mass is 79.9. The monoisotopic (exact) mass is 287 g/mol. The quantitative estimate of drug-likeness (QED) is 0.658. The lowest BCUT2D eigenvalue weighted by Crippen LogP contribution is -2.16. The van der Waals surface area contributed by atoms with Crippen molar-refractivity contribution in [3.05, 3.63) is 27.7 Å². The van der Waals surface area contributed by atoms with Crippen LogP contribution in [0, 0.1) is 6.92 Å². The molecule has 0 bridgehead atoms. The third-order valence-corrected chi connectivity index (χ3v) is 2.55. The second kappa shape index (κ2) is 5.32. The van der Waals surface area contributed by atoms with E-state index in [1.165, 1.54) is 0 Å². The number of halogens is 1. The number of carbonyl (C=O) groups is 1. The number of anilines is 1. The molecule has 0 fully saturated rings. The normalized spacial score (nSPS) is 12.2. The van der Waals surface area contributed by atoms with Crippen molar-refractivity contribution in [3.63, 3.8) is 0 Å². The Morgan fingerprint density at radius 3 is 2.81 bits per heavy atom. The van der Waals surface area contributed by atoms with Gasteiger partial charge in [-0.1, -0.05) is 15.9 Å². The van der Waals surface area contributed by atoms with Gasteiger partial charge in [-0.2, -0.15) is 0 Å². The maximum Gasteiger partial charge on any atom is 0.338 e. The Morgan fingerprint density at radius 1 is 1.62 bits per heavy atom. The predicted octanol–water partition coefficient (Wildman–Crippen LogP) is 1.88. The van der Waals surface area contributed by atoms with Crippen molar-refractivity contribution in [3.8, 4) is 0 Å². The molecule has 0 aliphatic heterocycles. The first kappa shape index (κ1) is 13.0. The van der Waals surface area contributed by atoms with E-state index in [0.29, 0.717) is 16.8 Å². The molecule has 0 aromatic heterocycles. The van der Waals surface area contributed by atoms with Crippen LogP contribution in [-0.2, 0) is 4.74 Å². The SMILES string of the molecule is Cc1c(N)cc(Br)cc1C(=O)OCC(C)O. The Balaban J connectivity index is 2.91. The summed E-state index contributed by atoms with van der Waals surface area (Å²) in [6.45, 7) is 3.28. The molecule has 0 saturated carbocycles. The zero-order valence-corrected chi connectivity index (χ0v) is 10.7. The van der Waals surface area contributed by atoms with Gasteiger partial charge in [-0.25, -0.2) is 4.79 Å². The smallest absolute Gasteiger partial charge is 0.338 e. The van der Waals surface area contributed by atoms with E-state index in [2.05, 4.69) is 15.9 Å². The summed E-state index contributed by atoms with van der Waals surface area (Å²) < 4.78 is 5.64. The molecule has 0 radical (unpaired) electrons. The summed E-state index contributed by atoms with van der Waals surface area (Å²) in [7, 11) is 0. The average molecular weight is 288 g/mol. The zero-order chi connectivity index (χ0) is 12.3. The molecule has 0 heterocycles. The van der Waals surface area contributed by atoms with Gasteiger partial charge in [0.05, 0.1) is 11.7 Å². The Labute approximate surface area is 103 Å². The minimum absolute atomic E-state index is 0.0231. The van der Waals surface area contributed by atoms with Gasteiger partial charge in [0.1, 0.15) is 6.61 Å². The summed E-state index contributed by atoms with van der Waals surface area (Å²) >= 11 is 3.26. The number of esters is 1. The summed E-state index contributed by atoms with van der Waals surface area (Å²) in [5, 5.41) is 9.02. The molecule has 0 saturated heterocycles. The van der Waals surface area contributed by atoms with Crippen molar-refractivity contribution < 1.29 is 14.6 Å². The Kier molecular flexibility index (Phi) is 4.32. The summed E-state index contributed by atoms with van der Waals surface area (Å²) in [5.41, 5.74) is 7.34. The number of hydrogen-bond acceptors (Lipinski definition) is 4. The van der Waals surface area contributed by atoms with Crippen LogP contribution in [0.1, 0.15) is 22.8 Å². The fraction of sp³-hybridized carbons (Fsp3) is 0.364. The van der Waals surface area contributed by atoms with Crippen LogP contribution in [-0.4, -0.2) is 23.8 Å². The zero-order valence-electron chi connectivity index (χ0n) is 9.16. The first-order chi connectivity index (χ1) is 7.41. The fourth-order valence-electron chi connectivity index (χ4n) is 1.19. The number of benzene rings is 1. The highest BCUT2D eigenvalue weighted by Crippen LogP contribution is 2.23. The van der Waals surface area contributed by atoms with Gasteiger partial charge in [0, 0.05) is 10.2 Å². The molecule has 88 valence electrons. The molecule has 1 rings (SSSR count). The van der Waals surface area contributed by atoms with Crippen LogP contribution in [0.4, 0.5) is 5.69 Å². The average Bonchev–Trinajstić information content (AvgIpc) is 2.19. The van der Waals surface area contributed by atoms with Gasteiger partial charge in [0.2, 0.25) is 0 Å². The molecule has 4 nitrogen and oxygen atoms in total. The Hall–Kier alpha value is -1.07. The van der Waals surface area contributed by atoms with Crippen molar-refractivity contribution in [2.24, 2.45) is 0 Å². The summed E-state index contributed by atoms with van der Waals surface area (Å²) in [6.07, 6.45) is -0.672. The number of nitrogens with two attached hydrogens (primary N) is 1. The lowest BCUT2D eigenvalue weighted by atomic mass is 10.1. The van der Waals surface area contributed by atoms with Crippen molar-refractivity contribution in [1.82, 2.24) is 0 Å². The Morgan fingerprint density at radius 2 is 2.25 bits per heavy atom. The third kappa shape index (κ3) is 3.21. The van der Waals surface area contributed by atoms with Crippen molar-refractivity contribution in [1.29, 1.82) is 0 Å². The number of rotatable bonds is 3. The molecule has 0 aliphatic rings. The van der Waals surface area contributed by atoms with E-state index >= 15 is 0 Å². The molecule has 5 heteroatoms. The van der Waals surface area contributed by atoms with Gasteiger partial charge in [-0.3, -0.25) is 0 Å². The van der Waals surface area contributed by atoms with Crippen LogP contribution in [0.5, 0.6) is 0 Å². The first-order valence-corrected chi connectivity index (χ1v) is 5.62. The summed E-state index contributed by atoms with van der Waals surface area (Å²) in [4.78, 5) is 11.7. The molecule has 0 spiro atoms. The minimum atomic E-state index is -0.672. The Bertz CT molecular complexity index is 404. The lowest BCUT2D eigenvalue weighted by Gasteiger charge is -2.10. The van der Waals surface area contributed by atoms with E-state index in [-0.39, 0.29) is 6.61 Å². The molecule has 1 atom stereocenters. The van der Waals surface area contributed by atoms with Crippen LogP contribution in [0.25, 0.3) is 0 Å². The van der Waals surface area contributed by atoms with E-state index in [4.69, 9.17) is 15.6 Å². The number of carbonyl (C=O) groups excluding carboxylic acids is 1. The molecular formula is C11H14BrNO3. The predicted molar refractivity (Wildman–Crippen MR) is 65.3 cm³/mol. The van der Waals surface area contributed by atoms with Gasteiger partial charge in [0.15, 0.2) is 0 Å². The van der Waals surface area contributed by atoms with Crippen LogP contribution < -0.4 is 5.73 Å². The molecule has 1 aromatic carbocycles. The number of aliphatic hydroxyl groups excluding tert-OH is 1. The van der Waals surface area contributed by atoms with Crippen molar-refractivity contribution in [2.75, 3.05) is 12.3 Å². The molecule has 1 aromatic rings. The number of nitrogen functional groups attached to an aromatic ring is 1. The van der Waals surface area contributed by atoms with Gasteiger partial charge in [-0.15, -0.1) is 0 Å². The van der Waals surface area contributed by atoms with Gasteiger partial charge >= 0.3 is 5.97 Å². The summed E-state index contributed by atoms with van der Waals surface area (Å²) in [5.74, 6) is -0.480. The highest BCUT2D eigenvalue weighted by Gasteiger charge is 2.14. The lowest BCUT2D eigenvalue weighted by molar-refractivity contribution is 0.0295. The maximum absolute atomic E-state index is 11.7. The largest absolute Gasteiger partial charge is 0.459 e. The van der Waals surface area contributed by atoms with E-state index in [9.17, 15) is 4.79 Å². The minimum Gasteiger partial charge on any atom is -0.459 e. The maximum atomic E-state index is 11.7. The molecule has 0 amide bonds. The molecule has 1 unspecified atom stereocenters. The number of aliphatic hydroxyl groups is 1. The molecule has 16 heavy (non-hydrogen) atoms. The van der Waals surface area contributed by atoms with Crippen LogP contribution in [0.3, 0.4) is 0 Å². The molecular weight excluding hydrogens is 274 g/mol. The summed E-state index contributed by atoms with van der Waals surface area (Å²) in [6, 6.07) is 3.37. The third-order valence-electron chi connectivity index (χ3n) is 2.09. The fourth-order valence-corrected chi connectivity index (χ4v) is 1.66. The van der Waals surface area contributed by atoms with Crippen molar-refractivity contribution in [2.45, 2.75) is 20.0 Å². The molecule has 0 aliphatic carbocycles. The number of ether oxygens (including phenoxy) is 1. The first-order valence-electron chi connectivity index (χ1n) is 4.82. The van der Waals surface area contributed by atoms with E-state index < -0.39 is 12.1 Å². The standard InChI is InChI=1S/C11H14BrNO3/c1-6(14)5-16-11(15)9-3-8(12)4-10(13)7(9)2/h3-4,6,14H,5,13H2,1-2H3. The topological polar surface area (TPSA) is 72.6 Å². The van der Waals surface area contributed by atoms with Gasteiger partial charge < -0.3 is 15.6 Å². The second-order valence-electron chi connectivity index (χ2n) is 3.62. The molecule has 3 N–H and O–H groups in total. The second-order valence-corrected chi connectivity index (χ2v) is 4.53.